The molecule has 0 atom stereocenters. The summed E-state index contributed by atoms with van der Waals surface area (Å²) in [4.78, 5) is 23.8. The number of nitrogens with one attached hydrogen (secondary N) is 2. The molecule has 4 nitrogen and oxygen atoms in total. The molecule has 0 spiro atoms. The van der Waals surface area contributed by atoms with Crippen LogP contribution in [0.3, 0.4) is 0 Å². The van der Waals surface area contributed by atoms with Gasteiger partial charge in [-0.1, -0.05) is 29.8 Å². The van der Waals surface area contributed by atoms with Crippen LogP contribution in [0.4, 0.5) is 11.4 Å². The molecule has 1 amide bonds. The molecular weight excluding hydrogens is 288 g/mol. The number of carbonyl (C=O) groups excluding carboxylic acids is 2. The number of carbonyl (C=O) groups is 2. The molecular formula is C19H22N2O2. The maximum absolute atomic E-state index is 12.2. The molecule has 0 unspecified atom stereocenters. The molecule has 2 N–H and O–H groups in total. The quantitative estimate of drug-likeness (QED) is 0.824. The summed E-state index contributed by atoms with van der Waals surface area (Å²) in [7, 11) is 0. The molecule has 0 bridgehead atoms. The van der Waals surface area contributed by atoms with E-state index in [9.17, 15) is 9.59 Å². The van der Waals surface area contributed by atoms with Gasteiger partial charge in [0.1, 0.15) is 0 Å². The summed E-state index contributed by atoms with van der Waals surface area (Å²) in [5.74, 6) is -0.169. The van der Waals surface area contributed by atoms with E-state index >= 15 is 0 Å². The first-order chi connectivity index (χ1) is 10.9. The fourth-order valence-electron chi connectivity index (χ4n) is 2.68. The van der Waals surface area contributed by atoms with Crippen molar-refractivity contribution in [1.82, 2.24) is 0 Å². The van der Waals surface area contributed by atoms with Crippen LogP contribution in [0.25, 0.3) is 0 Å². The van der Waals surface area contributed by atoms with Gasteiger partial charge in [-0.15, -0.1) is 0 Å². The predicted molar refractivity (Wildman–Crippen MR) is 94.2 cm³/mol. The summed E-state index contributed by atoms with van der Waals surface area (Å²) < 4.78 is 0. The summed E-state index contributed by atoms with van der Waals surface area (Å²) in [5.41, 5.74) is 5.37. The van der Waals surface area contributed by atoms with Gasteiger partial charge < -0.3 is 10.6 Å². The van der Waals surface area contributed by atoms with Crippen LogP contribution in [-0.2, 0) is 4.79 Å². The van der Waals surface area contributed by atoms with E-state index < -0.39 is 0 Å². The standard InChI is InChI=1S/C19H22N2O2/c1-12-9-13(2)19(14(3)10-12)21-18(23)11-20-17-8-6-5-7-16(17)15(4)22/h5-10,20H,11H2,1-4H3,(H,21,23). The van der Waals surface area contributed by atoms with Gasteiger partial charge in [0.2, 0.25) is 5.91 Å². The first kappa shape index (κ1) is 16.7. The van der Waals surface area contributed by atoms with Crippen molar-refractivity contribution in [2.45, 2.75) is 27.7 Å². The normalized spacial score (nSPS) is 10.3. The first-order valence-corrected chi connectivity index (χ1v) is 7.60. The molecule has 23 heavy (non-hydrogen) atoms. The molecule has 0 aliphatic rings. The highest BCUT2D eigenvalue weighted by molar-refractivity contribution is 6.01. The van der Waals surface area contributed by atoms with E-state index in [0.29, 0.717) is 11.3 Å². The summed E-state index contributed by atoms with van der Waals surface area (Å²) >= 11 is 0. The maximum Gasteiger partial charge on any atom is 0.243 e. The number of Topliss-reactive ketones (excluding diaryl/α,β-unsaturated/α-hetero) is 1. The lowest BCUT2D eigenvalue weighted by molar-refractivity contribution is -0.114. The van der Waals surface area contributed by atoms with Crippen molar-refractivity contribution in [2.24, 2.45) is 0 Å². The Bertz CT molecular complexity index is 728. The van der Waals surface area contributed by atoms with Crippen LogP contribution in [-0.4, -0.2) is 18.2 Å². The molecule has 0 saturated heterocycles. The van der Waals surface area contributed by atoms with Crippen molar-refractivity contribution in [3.8, 4) is 0 Å². The first-order valence-electron chi connectivity index (χ1n) is 7.60. The Morgan fingerprint density at radius 3 is 2.22 bits per heavy atom. The van der Waals surface area contributed by atoms with Gasteiger partial charge in [-0.05, 0) is 51.0 Å². The third-order valence-corrected chi connectivity index (χ3v) is 3.69. The van der Waals surface area contributed by atoms with Crippen LogP contribution in [0.1, 0.15) is 34.0 Å². The second kappa shape index (κ2) is 7.09. The molecule has 0 aliphatic heterocycles. The predicted octanol–water partition coefficient (Wildman–Crippen LogP) is 3.87. The highest BCUT2D eigenvalue weighted by atomic mass is 16.2. The fourth-order valence-corrected chi connectivity index (χ4v) is 2.68. The number of hydrogen-bond donors (Lipinski definition) is 2. The third kappa shape index (κ3) is 4.19. The van der Waals surface area contributed by atoms with E-state index in [1.54, 1.807) is 18.2 Å². The number of amides is 1. The van der Waals surface area contributed by atoms with Gasteiger partial charge in [0.15, 0.2) is 5.78 Å². The van der Waals surface area contributed by atoms with Crippen LogP contribution in [0.5, 0.6) is 0 Å². The lowest BCUT2D eigenvalue weighted by Gasteiger charge is -2.14. The minimum atomic E-state index is -0.140. The van der Waals surface area contributed by atoms with E-state index in [-0.39, 0.29) is 18.2 Å². The van der Waals surface area contributed by atoms with E-state index in [1.165, 1.54) is 12.5 Å². The number of rotatable bonds is 5. The monoisotopic (exact) mass is 310 g/mol. The Morgan fingerprint density at radius 1 is 1.00 bits per heavy atom. The number of hydrogen-bond acceptors (Lipinski definition) is 3. The highest BCUT2D eigenvalue weighted by Crippen LogP contribution is 2.22. The van der Waals surface area contributed by atoms with Gasteiger partial charge in [0.25, 0.3) is 0 Å². The Balaban J connectivity index is 2.06. The van der Waals surface area contributed by atoms with E-state index in [0.717, 1.165) is 16.8 Å². The number of aryl methyl sites for hydroxylation is 3. The smallest absolute Gasteiger partial charge is 0.243 e. The van der Waals surface area contributed by atoms with E-state index in [1.807, 2.05) is 39.0 Å². The van der Waals surface area contributed by atoms with Crippen LogP contribution in [0.15, 0.2) is 36.4 Å². The Hall–Kier alpha value is -2.62. The van der Waals surface area contributed by atoms with Crippen molar-refractivity contribution >= 4 is 23.1 Å². The minimum absolute atomic E-state index is 0.0290. The van der Waals surface area contributed by atoms with Crippen molar-refractivity contribution in [3.05, 3.63) is 58.7 Å². The van der Waals surface area contributed by atoms with Gasteiger partial charge in [0, 0.05) is 16.9 Å². The molecule has 0 aromatic heterocycles. The average Bonchev–Trinajstić information content (AvgIpc) is 2.49. The summed E-state index contributed by atoms with van der Waals surface area (Å²) in [6.45, 7) is 7.62. The second-order valence-electron chi connectivity index (χ2n) is 5.78. The lowest BCUT2D eigenvalue weighted by Crippen LogP contribution is -2.23. The van der Waals surface area contributed by atoms with E-state index in [2.05, 4.69) is 10.6 Å². The SMILES string of the molecule is CC(=O)c1ccccc1NCC(=O)Nc1c(C)cc(C)cc1C. The molecule has 0 fully saturated rings. The third-order valence-electron chi connectivity index (χ3n) is 3.69. The van der Waals surface area contributed by atoms with Crippen molar-refractivity contribution in [1.29, 1.82) is 0 Å². The Kier molecular flexibility index (Phi) is 5.16. The average molecular weight is 310 g/mol. The van der Waals surface area contributed by atoms with Gasteiger partial charge in [-0.25, -0.2) is 0 Å². The molecule has 2 aromatic carbocycles. The molecule has 0 heterocycles. The van der Waals surface area contributed by atoms with Gasteiger partial charge in [-0.2, -0.15) is 0 Å². The Morgan fingerprint density at radius 2 is 1.61 bits per heavy atom. The van der Waals surface area contributed by atoms with Crippen LogP contribution >= 0.6 is 0 Å². The maximum atomic E-state index is 12.2. The summed E-state index contributed by atoms with van der Waals surface area (Å²) in [6, 6.07) is 11.3. The van der Waals surface area contributed by atoms with Crippen LogP contribution in [0.2, 0.25) is 0 Å². The summed E-state index contributed by atoms with van der Waals surface area (Å²) in [5, 5.41) is 5.97. The van der Waals surface area contributed by atoms with Crippen LogP contribution < -0.4 is 10.6 Å². The van der Waals surface area contributed by atoms with Gasteiger partial charge in [-0.3, -0.25) is 9.59 Å². The zero-order chi connectivity index (χ0) is 17.0. The van der Waals surface area contributed by atoms with Crippen molar-refractivity contribution < 1.29 is 9.59 Å². The zero-order valence-electron chi connectivity index (χ0n) is 14.0. The largest absolute Gasteiger partial charge is 0.376 e. The van der Waals surface area contributed by atoms with E-state index in [4.69, 9.17) is 0 Å². The molecule has 4 heteroatoms. The molecule has 2 aromatic rings. The molecule has 120 valence electrons. The number of para-hydroxylation sites is 1. The molecule has 0 aliphatic carbocycles. The molecule has 0 saturated carbocycles. The Labute approximate surface area is 136 Å². The fraction of sp³-hybridized carbons (Fsp3) is 0.263. The number of anilines is 2. The van der Waals surface area contributed by atoms with Gasteiger partial charge >= 0.3 is 0 Å². The topological polar surface area (TPSA) is 58.2 Å². The minimum Gasteiger partial charge on any atom is -0.376 e. The molecule has 2 rings (SSSR count). The summed E-state index contributed by atoms with van der Waals surface area (Å²) in [6.07, 6.45) is 0. The highest BCUT2D eigenvalue weighted by Gasteiger charge is 2.10. The van der Waals surface area contributed by atoms with Crippen molar-refractivity contribution in [3.63, 3.8) is 0 Å². The molecule has 0 radical (unpaired) electrons. The number of benzene rings is 2. The van der Waals surface area contributed by atoms with Gasteiger partial charge in [0.05, 0.1) is 6.54 Å². The lowest BCUT2D eigenvalue weighted by atomic mass is 10.1. The van der Waals surface area contributed by atoms with Crippen LogP contribution in [0, 0.1) is 20.8 Å². The number of ketones is 1. The van der Waals surface area contributed by atoms with Crippen molar-refractivity contribution in [2.75, 3.05) is 17.2 Å². The second-order valence-corrected chi connectivity index (χ2v) is 5.78. The zero-order valence-corrected chi connectivity index (χ0v) is 14.0.